The van der Waals surface area contributed by atoms with Crippen LogP contribution in [0.5, 0.6) is 0 Å². The summed E-state index contributed by atoms with van der Waals surface area (Å²) in [5.41, 5.74) is 0.790. The van der Waals surface area contributed by atoms with Gasteiger partial charge in [0.25, 0.3) is 5.91 Å². The first kappa shape index (κ1) is 19.8. The van der Waals surface area contributed by atoms with Crippen LogP contribution in [-0.2, 0) is 6.18 Å². The number of nitrogens with zero attached hydrogens (tertiary/aromatic N) is 5. The van der Waals surface area contributed by atoms with E-state index in [0.29, 0.717) is 48.9 Å². The number of aromatic nitrogens is 3. The van der Waals surface area contributed by atoms with Crippen molar-refractivity contribution in [1.29, 1.82) is 0 Å². The van der Waals surface area contributed by atoms with Crippen LogP contribution in [0.1, 0.15) is 15.9 Å². The van der Waals surface area contributed by atoms with Crippen LogP contribution in [0.2, 0.25) is 0 Å². The Bertz CT molecular complexity index is 1000. The molecule has 2 aromatic heterocycles. The lowest BCUT2D eigenvalue weighted by Gasteiger charge is -2.34. The van der Waals surface area contributed by atoms with Crippen LogP contribution in [0.15, 0.2) is 61.1 Å². The van der Waals surface area contributed by atoms with Crippen LogP contribution < -0.4 is 4.90 Å². The number of benzene rings is 1. The quantitative estimate of drug-likeness (QED) is 0.658. The molecule has 1 aromatic carbocycles. The average Bonchev–Trinajstić information content (AvgIpc) is 2.79. The summed E-state index contributed by atoms with van der Waals surface area (Å²) in [5, 5.41) is 0. The lowest BCUT2D eigenvalue weighted by molar-refractivity contribution is -0.137. The summed E-state index contributed by atoms with van der Waals surface area (Å²) in [6, 6.07) is 9.83. The number of hydrogen-bond acceptors (Lipinski definition) is 5. The van der Waals surface area contributed by atoms with Gasteiger partial charge in [0, 0.05) is 50.3 Å². The smallest absolute Gasteiger partial charge is 0.337 e. The van der Waals surface area contributed by atoms with E-state index in [1.54, 1.807) is 35.5 Å². The number of carbonyl (C=O) groups is 1. The number of carbonyl (C=O) groups excluding carboxylic acids is 1. The number of alkyl halides is 3. The minimum Gasteiger partial charge on any atom is -0.337 e. The maximum atomic E-state index is 12.8. The molecule has 0 spiro atoms. The molecule has 1 aliphatic rings. The molecule has 0 radical (unpaired) electrons. The van der Waals surface area contributed by atoms with Crippen molar-refractivity contribution in [2.45, 2.75) is 6.18 Å². The molecule has 154 valence electrons. The predicted molar refractivity (Wildman–Crippen MR) is 105 cm³/mol. The van der Waals surface area contributed by atoms with Gasteiger partial charge in [0.1, 0.15) is 0 Å². The van der Waals surface area contributed by atoms with E-state index in [-0.39, 0.29) is 5.91 Å². The fourth-order valence-electron chi connectivity index (χ4n) is 3.27. The van der Waals surface area contributed by atoms with Gasteiger partial charge in [0.05, 0.1) is 16.8 Å². The Hall–Kier alpha value is -3.49. The Balaban J connectivity index is 1.40. The third kappa shape index (κ3) is 4.24. The van der Waals surface area contributed by atoms with Gasteiger partial charge in [-0.3, -0.25) is 9.78 Å². The summed E-state index contributed by atoms with van der Waals surface area (Å²) >= 11 is 0. The Morgan fingerprint density at radius 2 is 1.53 bits per heavy atom. The molecule has 6 nitrogen and oxygen atoms in total. The molecule has 0 saturated carbocycles. The van der Waals surface area contributed by atoms with Gasteiger partial charge in [-0.2, -0.15) is 13.2 Å². The molecule has 9 heteroatoms. The van der Waals surface area contributed by atoms with E-state index in [1.807, 2.05) is 4.90 Å². The van der Waals surface area contributed by atoms with Crippen molar-refractivity contribution < 1.29 is 18.0 Å². The molecule has 3 aromatic rings. The minimum atomic E-state index is -4.38. The summed E-state index contributed by atoms with van der Waals surface area (Å²) < 4.78 is 38.1. The van der Waals surface area contributed by atoms with Gasteiger partial charge in [-0.05, 0) is 30.3 Å². The van der Waals surface area contributed by atoms with Crippen molar-refractivity contribution in [2.24, 2.45) is 0 Å². The maximum absolute atomic E-state index is 12.8. The zero-order chi connectivity index (χ0) is 21.1. The molecule has 1 aliphatic heterocycles. The molecule has 0 bridgehead atoms. The second kappa shape index (κ2) is 8.10. The Morgan fingerprint density at radius 3 is 2.10 bits per heavy atom. The molecular formula is C21H18F3N5O. The first-order chi connectivity index (χ1) is 14.4. The maximum Gasteiger partial charge on any atom is 0.416 e. The molecular weight excluding hydrogens is 395 g/mol. The molecule has 3 heterocycles. The van der Waals surface area contributed by atoms with Crippen molar-refractivity contribution in [2.75, 3.05) is 31.1 Å². The highest BCUT2D eigenvalue weighted by Crippen LogP contribution is 2.30. The average molecular weight is 413 g/mol. The molecule has 30 heavy (non-hydrogen) atoms. The van der Waals surface area contributed by atoms with Crippen LogP contribution in [-0.4, -0.2) is 51.9 Å². The highest BCUT2D eigenvalue weighted by atomic mass is 19.4. The van der Waals surface area contributed by atoms with Crippen molar-refractivity contribution in [3.63, 3.8) is 0 Å². The summed E-state index contributed by atoms with van der Waals surface area (Å²) in [6.45, 7) is 2.34. The molecule has 0 N–H and O–H groups in total. The molecule has 0 atom stereocenters. The van der Waals surface area contributed by atoms with E-state index in [4.69, 9.17) is 0 Å². The zero-order valence-electron chi connectivity index (χ0n) is 15.9. The van der Waals surface area contributed by atoms with E-state index in [1.165, 1.54) is 18.3 Å². The highest BCUT2D eigenvalue weighted by molar-refractivity contribution is 5.94. The summed E-state index contributed by atoms with van der Waals surface area (Å²) in [6.07, 6.45) is 0.453. The van der Waals surface area contributed by atoms with Crippen molar-refractivity contribution in [3.8, 4) is 11.3 Å². The van der Waals surface area contributed by atoms with Crippen molar-refractivity contribution >= 4 is 11.9 Å². The van der Waals surface area contributed by atoms with E-state index >= 15 is 0 Å². The molecule has 1 fully saturated rings. The van der Waals surface area contributed by atoms with Gasteiger partial charge in [-0.25, -0.2) is 9.97 Å². The molecule has 0 aliphatic carbocycles. The van der Waals surface area contributed by atoms with Crippen LogP contribution in [0.3, 0.4) is 0 Å². The second-order valence-electron chi connectivity index (χ2n) is 6.84. The first-order valence-corrected chi connectivity index (χ1v) is 9.37. The number of amides is 1. The fraction of sp³-hybridized carbons (Fsp3) is 0.238. The summed E-state index contributed by atoms with van der Waals surface area (Å²) in [7, 11) is 0. The molecule has 4 rings (SSSR count). The standard InChI is InChI=1S/C21H18F3N5O/c22-21(23,24)17-5-2-15(3-6-17)18-7-4-16(14-27-18)19(30)28-10-12-29(13-11-28)20-25-8-1-9-26-20/h1-9,14H,10-13H2. The summed E-state index contributed by atoms with van der Waals surface area (Å²) in [4.78, 5) is 29.2. The van der Waals surface area contributed by atoms with Crippen LogP contribution in [0.4, 0.5) is 19.1 Å². The lowest BCUT2D eigenvalue weighted by atomic mass is 10.1. The van der Waals surface area contributed by atoms with E-state index in [0.717, 1.165) is 12.1 Å². The summed E-state index contributed by atoms with van der Waals surface area (Å²) in [5.74, 6) is 0.516. The Morgan fingerprint density at radius 1 is 0.867 bits per heavy atom. The minimum absolute atomic E-state index is 0.130. The van der Waals surface area contributed by atoms with Gasteiger partial charge < -0.3 is 9.80 Å². The van der Waals surface area contributed by atoms with Crippen molar-refractivity contribution in [3.05, 3.63) is 72.2 Å². The molecule has 1 amide bonds. The Labute approximate surface area is 171 Å². The van der Waals surface area contributed by atoms with Gasteiger partial charge in [-0.1, -0.05) is 12.1 Å². The van der Waals surface area contributed by atoms with E-state index in [9.17, 15) is 18.0 Å². The molecule has 1 saturated heterocycles. The number of piperazine rings is 1. The van der Waals surface area contributed by atoms with E-state index < -0.39 is 11.7 Å². The number of halogens is 3. The van der Waals surface area contributed by atoms with E-state index in [2.05, 4.69) is 15.0 Å². The number of anilines is 1. The fourth-order valence-corrected chi connectivity index (χ4v) is 3.27. The molecule has 0 unspecified atom stereocenters. The predicted octanol–water partition coefficient (Wildman–Crippen LogP) is 3.52. The van der Waals surface area contributed by atoms with Gasteiger partial charge in [0.2, 0.25) is 5.95 Å². The van der Waals surface area contributed by atoms with Gasteiger partial charge >= 0.3 is 6.18 Å². The third-order valence-corrected chi connectivity index (χ3v) is 4.92. The Kier molecular flexibility index (Phi) is 5.35. The second-order valence-corrected chi connectivity index (χ2v) is 6.84. The number of pyridine rings is 1. The zero-order valence-corrected chi connectivity index (χ0v) is 15.9. The highest BCUT2D eigenvalue weighted by Gasteiger charge is 2.30. The third-order valence-electron chi connectivity index (χ3n) is 4.92. The van der Waals surface area contributed by atoms with Crippen LogP contribution >= 0.6 is 0 Å². The number of rotatable bonds is 3. The topological polar surface area (TPSA) is 62.2 Å². The van der Waals surface area contributed by atoms with Gasteiger partial charge in [-0.15, -0.1) is 0 Å². The lowest BCUT2D eigenvalue weighted by Crippen LogP contribution is -2.49. The SMILES string of the molecule is O=C(c1ccc(-c2ccc(C(F)(F)F)cc2)nc1)N1CCN(c2ncccn2)CC1. The van der Waals surface area contributed by atoms with Crippen molar-refractivity contribution in [1.82, 2.24) is 19.9 Å². The van der Waals surface area contributed by atoms with Gasteiger partial charge in [0.15, 0.2) is 0 Å². The van der Waals surface area contributed by atoms with Crippen LogP contribution in [0, 0.1) is 0 Å². The first-order valence-electron chi connectivity index (χ1n) is 9.37. The largest absolute Gasteiger partial charge is 0.416 e. The normalized spacial score (nSPS) is 14.6. The monoisotopic (exact) mass is 413 g/mol. The van der Waals surface area contributed by atoms with Crippen LogP contribution in [0.25, 0.3) is 11.3 Å². The number of hydrogen-bond donors (Lipinski definition) is 0.